The highest BCUT2D eigenvalue weighted by molar-refractivity contribution is 5.89. The van der Waals surface area contributed by atoms with Gasteiger partial charge < -0.3 is 23.7 Å². The van der Waals surface area contributed by atoms with E-state index in [4.69, 9.17) is 14.2 Å². The lowest BCUT2D eigenvalue weighted by atomic mass is 9.93. The zero-order valence-electron chi connectivity index (χ0n) is 23.7. The average Bonchev–Trinajstić information content (AvgIpc) is 3.54. The number of hydrogen-bond acceptors (Lipinski definition) is 7. The molecule has 0 saturated carbocycles. The predicted octanol–water partition coefficient (Wildman–Crippen LogP) is 7.73. The number of rotatable bonds is 7. The number of esters is 1. The maximum atomic E-state index is 14.8. The molecule has 1 aliphatic heterocycles. The topological polar surface area (TPSA) is 81.0 Å². The van der Waals surface area contributed by atoms with Crippen molar-refractivity contribution in [3.63, 3.8) is 0 Å². The molecule has 0 bridgehead atoms. The van der Waals surface area contributed by atoms with Crippen molar-refractivity contribution >= 4 is 5.97 Å². The molecular formula is C31H24F6N2O6. The third kappa shape index (κ3) is 5.96. The van der Waals surface area contributed by atoms with Crippen LogP contribution < -0.4 is 18.9 Å². The number of alkyl halides is 5. The van der Waals surface area contributed by atoms with Crippen molar-refractivity contribution in [2.24, 2.45) is 0 Å². The molecule has 0 amide bonds. The SMILES string of the molecule is COC(=O)c1ccc(OC2CCCc3c(C(F)(F)F)nn(-c4cccc(O[C@H](C)c5cc6c(cc5F)OC(F)(F)O6)c4)c32)cc1. The molecule has 4 aromatic rings. The van der Waals surface area contributed by atoms with Gasteiger partial charge in [-0.3, -0.25) is 0 Å². The van der Waals surface area contributed by atoms with Crippen molar-refractivity contribution in [1.29, 1.82) is 0 Å². The van der Waals surface area contributed by atoms with Crippen molar-refractivity contribution in [2.45, 2.75) is 50.9 Å². The molecule has 0 radical (unpaired) electrons. The van der Waals surface area contributed by atoms with Crippen molar-refractivity contribution < 1.29 is 54.8 Å². The lowest BCUT2D eigenvalue weighted by Crippen LogP contribution is -2.25. The maximum Gasteiger partial charge on any atom is 0.586 e. The van der Waals surface area contributed by atoms with E-state index >= 15 is 0 Å². The fourth-order valence-corrected chi connectivity index (χ4v) is 5.39. The molecule has 236 valence electrons. The zero-order valence-corrected chi connectivity index (χ0v) is 23.7. The van der Waals surface area contributed by atoms with Crippen molar-refractivity contribution in [2.75, 3.05) is 7.11 Å². The second kappa shape index (κ2) is 11.2. The normalized spacial score (nSPS) is 17.4. The summed E-state index contributed by atoms with van der Waals surface area (Å²) in [6.07, 6.45) is -9.57. The zero-order chi connectivity index (χ0) is 32.1. The summed E-state index contributed by atoms with van der Waals surface area (Å²) < 4.78 is 111. The van der Waals surface area contributed by atoms with Gasteiger partial charge in [0.1, 0.15) is 29.5 Å². The minimum atomic E-state index is -4.74. The largest absolute Gasteiger partial charge is 0.586 e. The molecule has 1 aromatic heterocycles. The van der Waals surface area contributed by atoms with Gasteiger partial charge >= 0.3 is 18.4 Å². The Balaban J connectivity index is 1.32. The third-order valence-electron chi connectivity index (χ3n) is 7.38. The summed E-state index contributed by atoms with van der Waals surface area (Å²) in [5.74, 6) is -1.78. The monoisotopic (exact) mass is 634 g/mol. The Morgan fingerprint density at radius 2 is 1.76 bits per heavy atom. The van der Waals surface area contributed by atoms with Crippen LogP contribution in [0.3, 0.4) is 0 Å². The van der Waals surface area contributed by atoms with Crippen LogP contribution in [0.15, 0.2) is 60.7 Å². The highest BCUT2D eigenvalue weighted by atomic mass is 19.4. The van der Waals surface area contributed by atoms with Crippen LogP contribution in [0.1, 0.15) is 64.8 Å². The second-order valence-electron chi connectivity index (χ2n) is 10.4. The summed E-state index contributed by atoms with van der Waals surface area (Å²) in [7, 11) is 1.25. The van der Waals surface area contributed by atoms with Gasteiger partial charge in [-0.05, 0) is 68.7 Å². The lowest BCUT2D eigenvalue weighted by Gasteiger charge is -2.26. The Morgan fingerprint density at radius 1 is 1.04 bits per heavy atom. The van der Waals surface area contributed by atoms with E-state index in [1.165, 1.54) is 62.6 Å². The molecule has 2 heterocycles. The van der Waals surface area contributed by atoms with Crippen molar-refractivity contribution in [3.05, 3.63) is 94.6 Å². The summed E-state index contributed by atoms with van der Waals surface area (Å²) in [5, 5.41) is 3.95. The molecule has 2 aliphatic rings. The molecule has 1 aliphatic carbocycles. The van der Waals surface area contributed by atoms with Crippen LogP contribution in [0.25, 0.3) is 5.69 Å². The first-order chi connectivity index (χ1) is 21.3. The Hall–Kier alpha value is -4.88. The molecule has 0 N–H and O–H groups in total. The van der Waals surface area contributed by atoms with Gasteiger partial charge in [-0.15, -0.1) is 8.78 Å². The molecular weight excluding hydrogens is 610 g/mol. The average molecular weight is 635 g/mol. The molecule has 45 heavy (non-hydrogen) atoms. The van der Waals surface area contributed by atoms with Crippen LogP contribution in [0.4, 0.5) is 26.3 Å². The number of hydrogen-bond donors (Lipinski definition) is 0. The Labute approximate surface area is 252 Å². The molecule has 0 fully saturated rings. The number of nitrogens with zero attached hydrogens (tertiary/aromatic N) is 2. The Kier molecular flexibility index (Phi) is 7.53. The maximum absolute atomic E-state index is 14.8. The molecule has 2 atom stereocenters. The van der Waals surface area contributed by atoms with Gasteiger partial charge in [-0.1, -0.05) is 6.07 Å². The second-order valence-corrected chi connectivity index (χ2v) is 10.4. The van der Waals surface area contributed by atoms with E-state index in [1.807, 2.05) is 0 Å². The number of carbonyl (C=O) groups is 1. The van der Waals surface area contributed by atoms with Gasteiger partial charge in [-0.2, -0.15) is 18.3 Å². The van der Waals surface area contributed by atoms with E-state index in [0.717, 1.165) is 16.8 Å². The van der Waals surface area contributed by atoms with E-state index in [-0.39, 0.29) is 46.0 Å². The number of methoxy groups -OCH3 is 1. The molecule has 14 heteroatoms. The van der Waals surface area contributed by atoms with Gasteiger partial charge in [0.05, 0.1) is 24.1 Å². The molecule has 8 nitrogen and oxygen atoms in total. The molecule has 6 rings (SSSR count). The summed E-state index contributed by atoms with van der Waals surface area (Å²) in [6.45, 7) is 1.47. The van der Waals surface area contributed by atoms with E-state index in [0.29, 0.717) is 18.6 Å². The highest BCUT2D eigenvalue weighted by Crippen LogP contribution is 2.44. The van der Waals surface area contributed by atoms with Gasteiger partial charge in [0.2, 0.25) is 0 Å². The number of benzene rings is 3. The van der Waals surface area contributed by atoms with E-state index < -0.39 is 47.9 Å². The molecule has 0 spiro atoms. The van der Waals surface area contributed by atoms with Crippen LogP contribution in [0, 0.1) is 5.82 Å². The van der Waals surface area contributed by atoms with E-state index in [9.17, 15) is 31.1 Å². The van der Waals surface area contributed by atoms with Crippen LogP contribution in [-0.4, -0.2) is 29.2 Å². The molecule has 1 unspecified atom stereocenters. The Morgan fingerprint density at radius 3 is 2.44 bits per heavy atom. The fraction of sp³-hybridized carbons (Fsp3) is 0.290. The van der Waals surface area contributed by atoms with Crippen LogP contribution >= 0.6 is 0 Å². The van der Waals surface area contributed by atoms with Gasteiger partial charge in [0, 0.05) is 23.3 Å². The number of carbonyl (C=O) groups excluding carboxylic acids is 1. The van der Waals surface area contributed by atoms with Crippen LogP contribution in [0.5, 0.6) is 23.0 Å². The lowest BCUT2D eigenvalue weighted by molar-refractivity contribution is -0.286. The van der Waals surface area contributed by atoms with Gasteiger partial charge in [0.25, 0.3) is 0 Å². The van der Waals surface area contributed by atoms with E-state index in [1.54, 1.807) is 0 Å². The summed E-state index contributed by atoms with van der Waals surface area (Å²) in [6, 6.07) is 13.8. The fourth-order valence-electron chi connectivity index (χ4n) is 5.39. The van der Waals surface area contributed by atoms with Crippen LogP contribution in [-0.2, 0) is 17.3 Å². The van der Waals surface area contributed by atoms with E-state index in [2.05, 4.69) is 14.6 Å². The molecule has 0 saturated heterocycles. The minimum Gasteiger partial charge on any atom is -0.486 e. The standard InChI is InChI=1S/C31H24F6N2O6/c1-16(22-14-25-26(15-23(22)32)45-31(36,37)44-25)42-20-6-3-5-18(13-20)39-27-21(28(38-39)30(33,34)35)7-4-8-24(27)43-19-11-9-17(10-12-19)29(40)41-2/h3,5-6,9-16,24H,4,7-8H2,1-2H3/t16-,24?/m1/s1. The number of aromatic nitrogens is 2. The van der Waals surface area contributed by atoms with Crippen LogP contribution in [0.2, 0.25) is 0 Å². The summed E-state index contributed by atoms with van der Waals surface area (Å²) in [4.78, 5) is 11.8. The van der Waals surface area contributed by atoms with Crippen molar-refractivity contribution in [1.82, 2.24) is 9.78 Å². The number of fused-ring (bicyclic) bond motifs is 2. The Bertz CT molecular complexity index is 1750. The van der Waals surface area contributed by atoms with Crippen molar-refractivity contribution in [3.8, 4) is 28.7 Å². The number of halogens is 6. The van der Waals surface area contributed by atoms with Gasteiger partial charge in [-0.25, -0.2) is 13.9 Å². The number of ether oxygens (including phenoxy) is 5. The first-order valence-corrected chi connectivity index (χ1v) is 13.7. The summed E-state index contributed by atoms with van der Waals surface area (Å²) in [5.41, 5.74) is -0.437. The third-order valence-corrected chi connectivity index (χ3v) is 7.38. The smallest absolute Gasteiger partial charge is 0.486 e. The predicted molar refractivity (Wildman–Crippen MR) is 144 cm³/mol. The van der Waals surface area contributed by atoms with Gasteiger partial charge in [0.15, 0.2) is 17.2 Å². The first kappa shape index (κ1) is 30.2. The molecule has 3 aromatic carbocycles. The highest BCUT2D eigenvalue weighted by Gasteiger charge is 2.45. The minimum absolute atomic E-state index is 0.00357. The quantitative estimate of drug-likeness (QED) is 0.152. The first-order valence-electron chi connectivity index (χ1n) is 13.7. The summed E-state index contributed by atoms with van der Waals surface area (Å²) >= 11 is 0.